The molecular weight excluding hydrogens is 168 g/mol. The quantitative estimate of drug-likeness (QED) is 0.567. The van der Waals surface area contributed by atoms with E-state index in [1.807, 2.05) is 0 Å². The SMILES string of the molecule is CCCCOCCC(C)(N)C(N)=O. The van der Waals surface area contributed by atoms with Crippen molar-refractivity contribution in [1.82, 2.24) is 0 Å². The molecule has 0 aromatic carbocycles. The van der Waals surface area contributed by atoms with Crippen LogP contribution in [0.2, 0.25) is 0 Å². The Bertz CT molecular complexity index is 158. The molecule has 1 amide bonds. The van der Waals surface area contributed by atoms with Gasteiger partial charge in [-0.15, -0.1) is 0 Å². The van der Waals surface area contributed by atoms with E-state index in [4.69, 9.17) is 16.2 Å². The molecule has 78 valence electrons. The number of carbonyl (C=O) groups is 1. The van der Waals surface area contributed by atoms with Gasteiger partial charge < -0.3 is 16.2 Å². The van der Waals surface area contributed by atoms with Crippen LogP contribution in [0.5, 0.6) is 0 Å². The van der Waals surface area contributed by atoms with Crippen molar-refractivity contribution in [2.45, 2.75) is 38.6 Å². The number of nitrogens with two attached hydrogens (primary N) is 2. The van der Waals surface area contributed by atoms with E-state index in [0.717, 1.165) is 19.4 Å². The lowest BCUT2D eigenvalue weighted by molar-refractivity contribution is -0.123. The van der Waals surface area contributed by atoms with Gasteiger partial charge in [0.2, 0.25) is 5.91 Å². The molecule has 0 aliphatic carbocycles. The first kappa shape index (κ1) is 12.4. The molecule has 0 fully saturated rings. The van der Waals surface area contributed by atoms with Gasteiger partial charge in [0.15, 0.2) is 0 Å². The van der Waals surface area contributed by atoms with Gasteiger partial charge in [-0.1, -0.05) is 13.3 Å². The van der Waals surface area contributed by atoms with Crippen LogP contribution in [0.4, 0.5) is 0 Å². The summed E-state index contributed by atoms with van der Waals surface area (Å²) in [6.45, 7) is 4.94. The summed E-state index contributed by atoms with van der Waals surface area (Å²) < 4.78 is 5.27. The Kier molecular flexibility index (Phi) is 5.66. The smallest absolute Gasteiger partial charge is 0.237 e. The van der Waals surface area contributed by atoms with Crippen molar-refractivity contribution >= 4 is 5.91 Å². The summed E-state index contributed by atoms with van der Waals surface area (Å²) in [5.74, 6) is -0.480. The lowest BCUT2D eigenvalue weighted by Crippen LogP contribution is -2.50. The van der Waals surface area contributed by atoms with Crippen LogP contribution in [-0.2, 0) is 9.53 Å². The molecule has 0 rings (SSSR count). The largest absolute Gasteiger partial charge is 0.381 e. The fraction of sp³-hybridized carbons (Fsp3) is 0.889. The molecule has 0 saturated heterocycles. The number of unbranched alkanes of at least 4 members (excludes halogenated alkanes) is 1. The van der Waals surface area contributed by atoms with Gasteiger partial charge in [-0.2, -0.15) is 0 Å². The van der Waals surface area contributed by atoms with Crippen LogP contribution in [0.15, 0.2) is 0 Å². The maximum absolute atomic E-state index is 10.8. The zero-order valence-corrected chi connectivity index (χ0v) is 8.51. The Morgan fingerprint density at radius 3 is 2.54 bits per heavy atom. The average Bonchev–Trinajstić information content (AvgIpc) is 2.03. The van der Waals surface area contributed by atoms with E-state index >= 15 is 0 Å². The van der Waals surface area contributed by atoms with Gasteiger partial charge in [0, 0.05) is 13.2 Å². The molecule has 0 aliphatic rings. The molecule has 0 heterocycles. The molecule has 0 spiro atoms. The summed E-state index contributed by atoms with van der Waals surface area (Å²) >= 11 is 0. The highest BCUT2D eigenvalue weighted by Gasteiger charge is 2.24. The van der Waals surface area contributed by atoms with Crippen molar-refractivity contribution in [3.63, 3.8) is 0 Å². The summed E-state index contributed by atoms with van der Waals surface area (Å²) in [5.41, 5.74) is 9.77. The van der Waals surface area contributed by atoms with Crippen molar-refractivity contribution in [1.29, 1.82) is 0 Å². The summed E-state index contributed by atoms with van der Waals surface area (Å²) in [7, 11) is 0. The second kappa shape index (κ2) is 5.94. The van der Waals surface area contributed by atoms with Crippen LogP contribution in [0.3, 0.4) is 0 Å². The summed E-state index contributed by atoms with van der Waals surface area (Å²) in [6, 6.07) is 0. The minimum atomic E-state index is -0.938. The Morgan fingerprint density at radius 2 is 2.08 bits per heavy atom. The molecule has 0 radical (unpaired) electrons. The second-order valence-electron chi connectivity index (χ2n) is 3.50. The van der Waals surface area contributed by atoms with E-state index in [1.165, 1.54) is 0 Å². The number of ether oxygens (including phenoxy) is 1. The molecule has 0 aromatic rings. The van der Waals surface area contributed by atoms with Crippen LogP contribution in [-0.4, -0.2) is 24.7 Å². The predicted molar refractivity (Wildman–Crippen MR) is 52.1 cm³/mol. The molecule has 4 N–H and O–H groups in total. The fourth-order valence-electron chi connectivity index (χ4n) is 0.756. The first-order valence-electron chi connectivity index (χ1n) is 4.67. The van der Waals surface area contributed by atoms with Crippen LogP contribution in [0.25, 0.3) is 0 Å². The Morgan fingerprint density at radius 1 is 1.46 bits per heavy atom. The zero-order valence-electron chi connectivity index (χ0n) is 8.51. The van der Waals surface area contributed by atoms with E-state index in [0.29, 0.717) is 13.0 Å². The zero-order chi connectivity index (χ0) is 10.3. The number of hydrogen-bond acceptors (Lipinski definition) is 3. The third-order valence-electron chi connectivity index (χ3n) is 1.97. The number of hydrogen-bond donors (Lipinski definition) is 2. The van der Waals surface area contributed by atoms with E-state index in [9.17, 15) is 4.79 Å². The van der Waals surface area contributed by atoms with Gasteiger partial charge in [-0.25, -0.2) is 0 Å². The van der Waals surface area contributed by atoms with Crippen LogP contribution >= 0.6 is 0 Å². The van der Waals surface area contributed by atoms with Crippen molar-refractivity contribution in [3.05, 3.63) is 0 Å². The standard InChI is InChI=1S/C9H20N2O2/c1-3-4-6-13-7-5-9(2,11)8(10)12/h3-7,11H2,1-2H3,(H2,10,12). The molecule has 0 aliphatic heterocycles. The van der Waals surface area contributed by atoms with Gasteiger partial charge in [0.1, 0.15) is 0 Å². The molecule has 4 heteroatoms. The third kappa shape index (κ3) is 5.60. The van der Waals surface area contributed by atoms with E-state index in [1.54, 1.807) is 6.92 Å². The Hall–Kier alpha value is -0.610. The minimum Gasteiger partial charge on any atom is -0.381 e. The third-order valence-corrected chi connectivity index (χ3v) is 1.97. The highest BCUT2D eigenvalue weighted by molar-refractivity contribution is 5.83. The van der Waals surface area contributed by atoms with Gasteiger partial charge in [0.25, 0.3) is 0 Å². The van der Waals surface area contributed by atoms with Crippen molar-refractivity contribution in [2.75, 3.05) is 13.2 Å². The van der Waals surface area contributed by atoms with Crippen molar-refractivity contribution < 1.29 is 9.53 Å². The van der Waals surface area contributed by atoms with Crippen molar-refractivity contribution in [3.8, 4) is 0 Å². The number of carbonyl (C=O) groups excluding carboxylic acids is 1. The van der Waals surface area contributed by atoms with E-state index in [-0.39, 0.29) is 0 Å². The monoisotopic (exact) mass is 188 g/mol. The molecule has 0 aromatic heterocycles. The molecule has 0 saturated carbocycles. The minimum absolute atomic E-state index is 0.478. The first-order valence-corrected chi connectivity index (χ1v) is 4.67. The van der Waals surface area contributed by atoms with E-state index in [2.05, 4.69) is 6.92 Å². The van der Waals surface area contributed by atoms with Crippen molar-refractivity contribution in [2.24, 2.45) is 11.5 Å². The van der Waals surface area contributed by atoms with Gasteiger partial charge in [-0.05, 0) is 19.8 Å². The maximum Gasteiger partial charge on any atom is 0.237 e. The van der Waals surface area contributed by atoms with Gasteiger partial charge >= 0.3 is 0 Å². The molecule has 1 unspecified atom stereocenters. The lowest BCUT2D eigenvalue weighted by Gasteiger charge is -2.19. The number of primary amides is 1. The van der Waals surface area contributed by atoms with Crippen LogP contribution in [0, 0.1) is 0 Å². The Labute approximate surface area is 79.6 Å². The maximum atomic E-state index is 10.8. The summed E-state index contributed by atoms with van der Waals surface area (Å²) in [4.78, 5) is 10.8. The molecule has 4 nitrogen and oxygen atoms in total. The predicted octanol–water partition coefficient (Wildman–Crippen LogP) is 0.396. The Balaban J connectivity index is 3.46. The van der Waals surface area contributed by atoms with Gasteiger partial charge in [-0.3, -0.25) is 4.79 Å². The highest BCUT2D eigenvalue weighted by atomic mass is 16.5. The average molecular weight is 188 g/mol. The summed E-state index contributed by atoms with van der Waals surface area (Å²) in [5, 5.41) is 0. The second-order valence-corrected chi connectivity index (χ2v) is 3.50. The molecule has 0 bridgehead atoms. The topological polar surface area (TPSA) is 78.3 Å². The normalized spacial score (nSPS) is 15.3. The highest BCUT2D eigenvalue weighted by Crippen LogP contribution is 2.04. The van der Waals surface area contributed by atoms with Gasteiger partial charge in [0.05, 0.1) is 5.54 Å². The number of rotatable bonds is 7. The summed E-state index contributed by atoms with van der Waals surface area (Å²) in [6.07, 6.45) is 2.62. The van der Waals surface area contributed by atoms with Crippen LogP contribution < -0.4 is 11.5 Å². The van der Waals surface area contributed by atoms with Crippen LogP contribution in [0.1, 0.15) is 33.1 Å². The van der Waals surface area contributed by atoms with E-state index < -0.39 is 11.4 Å². The first-order chi connectivity index (χ1) is 6.00. The number of amides is 1. The lowest BCUT2D eigenvalue weighted by atomic mass is 9.99. The molecule has 1 atom stereocenters. The fourth-order valence-corrected chi connectivity index (χ4v) is 0.756. The molecule has 13 heavy (non-hydrogen) atoms. The molecular formula is C9H20N2O2.